The molecule has 1 unspecified atom stereocenters. The fraction of sp³-hybridized carbons (Fsp3) is 0.333. The number of benzene rings is 2. The number of carbonyl (C=O) groups excluding carboxylic acids is 1. The number of alkyl halides is 3. The Morgan fingerprint density at radius 3 is 2.71 bits per heavy atom. The molecule has 0 saturated carbocycles. The summed E-state index contributed by atoms with van der Waals surface area (Å²) < 4.78 is 56.8. The van der Waals surface area contributed by atoms with Crippen molar-refractivity contribution in [2.75, 3.05) is 25.6 Å². The number of fused-ring (bicyclic) bond motifs is 1. The van der Waals surface area contributed by atoms with E-state index in [0.29, 0.717) is 37.0 Å². The molecule has 180 valence electrons. The Bertz CT molecular complexity index is 1150. The van der Waals surface area contributed by atoms with Crippen molar-refractivity contribution in [3.63, 3.8) is 0 Å². The van der Waals surface area contributed by atoms with Gasteiger partial charge < -0.3 is 19.5 Å². The molecule has 4 rings (SSSR count). The highest BCUT2D eigenvalue weighted by Crippen LogP contribution is 2.40. The van der Waals surface area contributed by atoms with Crippen LogP contribution in [0.1, 0.15) is 41.0 Å². The molecule has 0 saturated heterocycles. The van der Waals surface area contributed by atoms with Crippen molar-refractivity contribution < 1.29 is 32.2 Å². The lowest BCUT2D eigenvalue weighted by Gasteiger charge is -2.23. The minimum absolute atomic E-state index is 0.0244. The van der Waals surface area contributed by atoms with Crippen LogP contribution in [0.5, 0.6) is 11.5 Å². The number of rotatable bonds is 9. The number of nitrogens with zero attached hydrogens (tertiary/aromatic N) is 1. The number of halogens is 3. The minimum atomic E-state index is -4.48. The molecule has 1 atom stereocenters. The van der Waals surface area contributed by atoms with E-state index in [9.17, 15) is 18.0 Å². The largest absolute Gasteiger partial charge is 0.490 e. The van der Waals surface area contributed by atoms with E-state index in [1.165, 1.54) is 18.2 Å². The first kappa shape index (κ1) is 23.6. The van der Waals surface area contributed by atoms with E-state index in [1.807, 2.05) is 0 Å². The number of hydrogen-bond donors (Lipinski definition) is 2. The Balaban J connectivity index is 1.60. The van der Waals surface area contributed by atoms with Crippen molar-refractivity contribution in [3.8, 4) is 11.5 Å². The molecule has 34 heavy (non-hydrogen) atoms. The summed E-state index contributed by atoms with van der Waals surface area (Å²) in [5.41, 5.74) is 0.936. The zero-order valence-electron chi connectivity index (χ0n) is 18.4. The Morgan fingerprint density at radius 1 is 1.09 bits per heavy atom. The first-order valence-corrected chi connectivity index (χ1v) is 10.7. The molecule has 2 N–H and O–H groups in total. The number of methoxy groups -OCH3 is 1. The molecule has 1 aliphatic rings. The summed E-state index contributed by atoms with van der Waals surface area (Å²) in [6, 6.07) is 10.5. The van der Waals surface area contributed by atoms with E-state index in [1.54, 1.807) is 31.5 Å². The monoisotopic (exact) mass is 475 g/mol. The Morgan fingerprint density at radius 2 is 1.91 bits per heavy atom. The highest BCUT2D eigenvalue weighted by molar-refractivity contribution is 5.94. The van der Waals surface area contributed by atoms with Crippen LogP contribution in [0.3, 0.4) is 0 Å². The van der Waals surface area contributed by atoms with Gasteiger partial charge in [0.05, 0.1) is 18.4 Å². The Hall–Kier alpha value is -3.53. The van der Waals surface area contributed by atoms with Crippen LogP contribution in [0.15, 0.2) is 48.7 Å². The predicted octanol–water partition coefficient (Wildman–Crippen LogP) is 4.90. The van der Waals surface area contributed by atoms with Crippen LogP contribution in [-0.4, -0.2) is 36.4 Å². The van der Waals surface area contributed by atoms with Crippen molar-refractivity contribution in [2.24, 2.45) is 0 Å². The summed E-state index contributed by atoms with van der Waals surface area (Å²) in [5, 5.41) is 9.54. The van der Waals surface area contributed by atoms with Crippen molar-refractivity contribution >= 4 is 11.7 Å². The number of amides is 1. The van der Waals surface area contributed by atoms with Crippen LogP contribution in [0, 0.1) is 0 Å². The molecule has 0 aliphatic carbocycles. The van der Waals surface area contributed by atoms with Gasteiger partial charge in [-0.05, 0) is 23.8 Å². The molecule has 2 heterocycles. The maximum Gasteiger partial charge on any atom is 0.416 e. The molecule has 2 aromatic carbocycles. The number of H-pyrrole nitrogens is 1. The second kappa shape index (κ2) is 10.2. The van der Waals surface area contributed by atoms with Crippen molar-refractivity contribution in [3.05, 3.63) is 70.9 Å². The number of aromatic nitrogens is 2. The van der Waals surface area contributed by atoms with Gasteiger partial charge in [0.15, 0.2) is 11.5 Å². The van der Waals surface area contributed by atoms with E-state index >= 15 is 0 Å². The quantitative estimate of drug-likeness (QED) is 0.430. The summed E-state index contributed by atoms with van der Waals surface area (Å²) in [6.07, 6.45) is -1.96. The molecule has 3 aromatic rings. The van der Waals surface area contributed by atoms with E-state index in [4.69, 9.17) is 14.2 Å². The zero-order chi connectivity index (χ0) is 24.1. The third-order valence-electron chi connectivity index (χ3n) is 5.52. The molecule has 0 spiro atoms. The molecule has 0 fully saturated rings. The van der Waals surface area contributed by atoms with E-state index in [0.717, 1.165) is 17.2 Å². The summed E-state index contributed by atoms with van der Waals surface area (Å²) in [7, 11) is 1.59. The van der Waals surface area contributed by atoms with Gasteiger partial charge in [-0.2, -0.15) is 18.3 Å². The standard InChI is InChI=1S/C24H24F3N3O4/c1-32-9-4-10-33-21-11-15(17-12-22(31)29-23-18(17)13-28-30-23)7-8-20(21)34-14-16-5-2-3-6-19(16)24(25,26)27/h2-3,5-8,11,13,17H,4,9-10,12,14H2,1H3,(H2,28,29,30,31). The number of nitrogens with one attached hydrogen (secondary N) is 2. The Labute approximate surface area is 194 Å². The first-order chi connectivity index (χ1) is 16.4. The molecule has 1 amide bonds. The van der Waals surface area contributed by atoms with Gasteiger partial charge in [0.1, 0.15) is 12.4 Å². The fourth-order valence-corrected chi connectivity index (χ4v) is 3.88. The second-order valence-electron chi connectivity index (χ2n) is 7.85. The van der Waals surface area contributed by atoms with Gasteiger partial charge >= 0.3 is 6.18 Å². The molecule has 0 bridgehead atoms. The number of hydrogen-bond acceptors (Lipinski definition) is 5. The van der Waals surface area contributed by atoms with Gasteiger partial charge in [-0.3, -0.25) is 9.89 Å². The predicted molar refractivity (Wildman–Crippen MR) is 118 cm³/mol. The summed E-state index contributed by atoms with van der Waals surface area (Å²) in [4.78, 5) is 12.2. The second-order valence-corrected chi connectivity index (χ2v) is 7.85. The lowest BCUT2D eigenvalue weighted by atomic mass is 9.87. The molecule has 0 radical (unpaired) electrons. The highest BCUT2D eigenvalue weighted by atomic mass is 19.4. The van der Waals surface area contributed by atoms with E-state index in [2.05, 4.69) is 15.5 Å². The van der Waals surface area contributed by atoms with Crippen LogP contribution >= 0.6 is 0 Å². The van der Waals surface area contributed by atoms with Crippen LogP contribution in [0.2, 0.25) is 0 Å². The van der Waals surface area contributed by atoms with Crippen LogP contribution in [0.25, 0.3) is 0 Å². The number of anilines is 1. The summed E-state index contributed by atoms with van der Waals surface area (Å²) in [5.74, 6) is 0.852. The van der Waals surface area contributed by atoms with Crippen LogP contribution in [-0.2, 0) is 22.3 Å². The lowest BCUT2D eigenvalue weighted by molar-refractivity contribution is -0.138. The molecule has 7 nitrogen and oxygen atoms in total. The van der Waals surface area contributed by atoms with E-state index in [-0.39, 0.29) is 30.4 Å². The van der Waals surface area contributed by atoms with Gasteiger partial charge in [0, 0.05) is 43.6 Å². The SMILES string of the molecule is COCCCOc1cc(C2CC(=O)Nc3[nH]ncc32)ccc1OCc1ccccc1C(F)(F)F. The number of ether oxygens (including phenoxy) is 3. The Kier molecular flexibility index (Phi) is 7.06. The minimum Gasteiger partial charge on any atom is -0.490 e. The molecule has 1 aromatic heterocycles. The molecule has 1 aliphatic heterocycles. The van der Waals surface area contributed by atoms with Gasteiger partial charge in [0.25, 0.3) is 0 Å². The maximum atomic E-state index is 13.3. The third kappa shape index (κ3) is 5.33. The fourth-order valence-electron chi connectivity index (χ4n) is 3.88. The summed E-state index contributed by atoms with van der Waals surface area (Å²) >= 11 is 0. The van der Waals surface area contributed by atoms with Crippen LogP contribution < -0.4 is 14.8 Å². The van der Waals surface area contributed by atoms with Crippen molar-refractivity contribution in [2.45, 2.75) is 31.5 Å². The summed E-state index contributed by atoms with van der Waals surface area (Å²) in [6.45, 7) is 0.548. The molecular formula is C24H24F3N3O4. The smallest absolute Gasteiger partial charge is 0.416 e. The van der Waals surface area contributed by atoms with Gasteiger partial charge in [-0.1, -0.05) is 24.3 Å². The normalized spacial score (nSPS) is 15.5. The average Bonchev–Trinajstić information content (AvgIpc) is 3.28. The number of aromatic amines is 1. The lowest BCUT2D eigenvalue weighted by Crippen LogP contribution is -2.23. The molecular weight excluding hydrogens is 451 g/mol. The van der Waals surface area contributed by atoms with Gasteiger partial charge in [0.2, 0.25) is 5.91 Å². The van der Waals surface area contributed by atoms with Crippen molar-refractivity contribution in [1.82, 2.24) is 10.2 Å². The average molecular weight is 475 g/mol. The topological polar surface area (TPSA) is 85.5 Å². The van der Waals surface area contributed by atoms with Crippen molar-refractivity contribution in [1.29, 1.82) is 0 Å². The third-order valence-corrected chi connectivity index (χ3v) is 5.52. The van der Waals surface area contributed by atoms with Gasteiger partial charge in [-0.15, -0.1) is 0 Å². The van der Waals surface area contributed by atoms with E-state index < -0.39 is 11.7 Å². The van der Waals surface area contributed by atoms with Crippen LogP contribution in [0.4, 0.5) is 19.0 Å². The molecule has 10 heteroatoms. The maximum absolute atomic E-state index is 13.3. The number of carbonyl (C=O) groups is 1. The van der Waals surface area contributed by atoms with Gasteiger partial charge in [-0.25, -0.2) is 0 Å². The highest BCUT2D eigenvalue weighted by Gasteiger charge is 2.33. The zero-order valence-corrected chi connectivity index (χ0v) is 18.4. The first-order valence-electron chi connectivity index (χ1n) is 10.7.